The van der Waals surface area contributed by atoms with Gasteiger partial charge in [0.05, 0.1) is 21.0 Å². The van der Waals surface area contributed by atoms with Gasteiger partial charge in [-0.1, -0.05) is 36.4 Å². The summed E-state index contributed by atoms with van der Waals surface area (Å²) in [5.41, 5.74) is -0.621. The van der Waals surface area contributed by atoms with Crippen molar-refractivity contribution in [1.82, 2.24) is 0 Å². The fourth-order valence-corrected chi connectivity index (χ4v) is 1.85. The molecular weight excluding hydrogens is 306 g/mol. The largest absolute Gasteiger partial charge is 0.353 e. The minimum atomic E-state index is -0.722. The first-order valence-corrected chi connectivity index (χ1v) is 5.75. The van der Waals surface area contributed by atoms with Crippen molar-refractivity contribution in [3.05, 3.63) is 92.0 Å². The number of hydrogen-bond acceptors (Lipinski definition) is 4. The molecule has 0 spiro atoms. The summed E-state index contributed by atoms with van der Waals surface area (Å²) in [4.78, 5) is 21.1. The summed E-state index contributed by atoms with van der Waals surface area (Å²) in [6.45, 7) is 0. The summed E-state index contributed by atoms with van der Waals surface area (Å²) in [5, 5.41) is 22.5. The molecule has 2 radical (unpaired) electrons. The van der Waals surface area contributed by atoms with Crippen molar-refractivity contribution in [2.24, 2.45) is 0 Å². The van der Waals surface area contributed by atoms with E-state index in [1.54, 1.807) is 36.4 Å². The first-order chi connectivity index (χ1) is 9.61. The SMILES string of the molecule is O=[N+]([O-])C(=C(c1ccccc1)[N+](=O)[O-])c1ccccc1.[Na].[Na]. The van der Waals surface area contributed by atoms with Gasteiger partial charge in [-0.15, -0.1) is 0 Å². The fourth-order valence-electron chi connectivity index (χ4n) is 1.85. The Labute approximate surface area is 171 Å². The van der Waals surface area contributed by atoms with Crippen LogP contribution in [-0.4, -0.2) is 69.0 Å². The van der Waals surface area contributed by atoms with Gasteiger partial charge in [0.2, 0.25) is 0 Å². The Morgan fingerprint density at radius 1 is 0.636 bits per heavy atom. The van der Waals surface area contributed by atoms with E-state index in [4.69, 9.17) is 0 Å². The predicted octanol–water partition coefficient (Wildman–Crippen LogP) is 2.30. The molecule has 0 aliphatic rings. The van der Waals surface area contributed by atoms with E-state index in [1.165, 1.54) is 24.3 Å². The maximum atomic E-state index is 11.3. The molecule has 8 heteroatoms. The summed E-state index contributed by atoms with van der Waals surface area (Å²) < 4.78 is 0. The number of nitrogens with zero attached hydrogens (tertiary/aromatic N) is 2. The zero-order valence-corrected chi connectivity index (χ0v) is 16.3. The minimum absolute atomic E-state index is 0. The molecule has 0 amide bonds. The van der Waals surface area contributed by atoms with Gasteiger partial charge in [-0.05, 0) is 24.3 Å². The van der Waals surface area contributed by atoms with Crippen LogP contribution in [0.1, 0.15) is 11.1 Å². The summed E-state index contributed by atoms with van der Waals surface area (Å²) >= 11 is 0. The van der Waals surface area contributed by atoms with Crippen LogP contribution in [0, 0.1) is 20.2 Å². The van der Waals surface area contributed by atoms with Crippen LogP contribution in [0.2, 0.25) is 0 Å². The quantitative estimate of drug-likeness (QED) is 0.375. The maximum Gasteiger partial charge on any atom is 0.353 e. The first-order valence-electron chi connectivity index (χ1n) is 5.75. The normalized spacial score (nSPS) is 10.5. The van der Waals surface area contributed by atoms with Gasteiger partial charge in [0.15, 0.2) is 0 Å². The molecule has 0 aliphatic heterocycles. The summed E-state index contributed by atoms with van der Waals surface area (Å²) in [7, 11) is 0. The van der Waals surface area contributed by atoms with Gasteiger partial charge >= 0.3 is 11.4 Å². The molecule has 0 saturated heterocycles. The zero-order chi connectivity index (χ0) is 14.5. The third kappa shape index (κ3) is 5.01. The maximum absolute atomic E-state index is 11.3. The smallest absolute Gasteiger partial charge is 0.258 e. The first kappa shape index (κ1) is 21.0. The van der Waals surface area contributed by atoms with Crippen LogP contribution in [0.5, 0.6) is 0 Å². The third-order valence-electron chi connectivity index (χ3n) is 2.68. The second kappa shape index (κ2) is 9.89. The van der Waals surface area contributed by atoms with Crippen LogP contribution < -0.4 is 0 Å². The van der Waals surface area contributed by atoms with E-state index >= 15 is 0 Å². The van der Waals surface area contributed by atoms with Crippen molar-refractivity contribution in [2.75, 3.05) is 0 Å². The van der Waals surface area contributed by atoms with Crippen molar-refractivity contribution in [3.8, 4) is 0 Å². The third-order valence-corrected chi connectivity index (χ3v) is 2.68. The zero-order valence-electron chi connectivity index (χ0n) is 12.3. The van der Waals surface area contributed by atoms with E-state index in [0.29, 0.717) is 0 Å². The van der Waals surface area contributed by atoms with E-state index in [-0.39, 0.29) is 70.2 Å². The van der Waals surface area contributed by atoms with E-state index in [9.17, 15) is 20.2 Å². The van der Waals surface area contributed by atoms with Gasteiger partial charge in [-0.25, -0.2) is 0 Å². The molecule has 0 aromatic heterocycles. The van der Waals surface area contributed by atoms with E-state index in [0.717, 1.165) is 0 Å². The monoisotopic (exact) mass is 316 g/mol. The Kier molecular flexibility index (Phi) is 9.43. The number of rotatable bonds is 4. The fraction of sp³-hybridized carbons (Fsp3) is 0. The Morgan fingerprint density at radius 2 is 0.909 bits per heavy atom. The Morgan fingerprint density at radius 3 is 1.14 bits per heavy atom. The molecule has 0 heterocycles. The molecule has 0 fully saturated rings. The number of hydrogen-bond donors (Lipinski definition) is 0. The molecule has 0 N–H and O–H groups in total. The molecule has 0 atom stereocenters. The van der Waals surface area contributed by atoms with E-state index < -0.39 is 21.2 Å². The van der Waals surface area contributed by atoms with Gasteiger partial charge in [-0.3, -0.25) is 20.2 Å². The Hall–Kier alpha value is -1.02. The molecule has 0 unspecified atom stereocenters. The topological polar surface area (TPSA) is 86.3 Å². The molecule has 2 aromatic carbocycles. The molecule has 102 valence electrons. The van der Waals surface area contributed by atoms with Crippen molar-refractivity contribution in [3.63, 3.8) is 0 Å². The average Bonchev–Trinajstić information content (AvgIpc) is 2.45. The van der Waals surface area contributed by atoms with Crippen molar-refractivity contribution in [2.45, 2.75) is 0 Å². The van der Waals surface area contributed by atoms with Crippen LogP contribution in [0.15, 0.2) is 60.7 Å². The molecular formula is C14H10N2Na2O4. The molecule has 6 nitrogen and oxygen atoms in total. The molecule has 0 aliphatic carbocycles. The second-order valence-corrected chi connectivity index (χ2v) is 3.94. The van der Waals surface area contributed by atoms with Crippen molar-refractivity contribution >= 4 is 70.5 Å². The standard InChI is InChI=1S/C14H10N2O4.2Na/c17-15(18)13(11-7-3-1-4-8-11)14(16(19)20)12-9-5-2-6-10-12;;/h1-10H;;. The average molecular weight is 316 g/mol. The minimum Gasteiger partial charge on any atom is -0.258 e. The van der Waals surface area contributed by atoms with Crippen molar-refractivity contribution < 1.29 is 9.85 Å². The summed E-state index contributed by atoms with van der Waals surface area (Å²) in [6.07, 6.45) is 0. The molecule has 0 saturated carbocycles. The number of nitro groups is 2. The Bertz CT molecular complexity index is 616. The van der Waals surface area contributed by atoms with Crippen LogP contribution in [0.3, 0.4) is 0 Å². The van der Waals surface area contributed by atoms with Gasteiger partial charge < -0.3 is 0 Å². The van der Waals surface area contributed by atoms with Crippen LogP contribution in [0.25, 0.3) is 11.4 Å². The van der Waals surface area contributed by atoms with Crippen molar-refractivity contribution in [1.29, 1.82) is 0 Å². The molecule has 0 bridgehead atoms. The van der Waals surface area contributed by atoms with Gasteiger partial charge in [0.25, 0.3) is 0 Å². The summed E-state index contributed by atoms with van der Waals surface area (Å²) in [6, 6.07) is 15.7. The van der Waals surface area contributed by atoms with Gasteiger partial charge in [0, 0.05) is 59.1 Å². The van der Waals surface area contributed by atoms with Crippen LogP contribution in [0.4, 0.5) is 0 Å². The predicted molar refractivity (Wildman–Crippen MR) is 85.2 cm³/mol. The van der Waals surface area contributed by atoms with Gasteiger partial charge in [0.1, 0.15) is 0 Å². The van der Waals surface area contributed by atoms with E-state index in [1.807, 2.05) is 0 Å². The molecule has 2 aromatic rings. The van der Waals surface area contributed by atoms with Crippen LogP contribution >= 0.6 is 0 Å². The second-order valence-electron chi connectivity index (χ2n) is 3.94. The number of benzene rings is 2. The van der Waals surface area contributed by atoms with Crippen LogP contribution in [-0.2, 0) is 0 Å². The molecule has 22 heavy (non-hydrogen) atoms. The Balaban J connectivity index is 0.00000220. The summed E-state index contributed by atoms with van der Waals surface area (Å²) in [5.74, 6) is 0. The van der Waals surface area contributed by atoms with E-state index in [2.05, 4.69) is 0 Å². The molecule has 2 rings (SSSR count). The van der Waals surface area contributed by atoms with Gasteiger partial charge in [-0.2, -0.15) is 0 Å².